The average molecular weight is 321 g/mol. The Bertz CT molecular complexity index is 704. The van der Waals surface area contributed by atoms with Gasteiger partial charge in [0.25, 0.3) is 0 Å². The van der Waals surface area contributed by atoms with Crippen LogP contribution < -0.4 is 4.74 Å². The molecule has 0 aliphatic rings. The lowest BCUT2D eigenvalue weighted by Gasteiger charge is -2.11. The summed E-state index contributed by atoms with van der Waals surface area (Å²) in [4.78, 5) is 16.7. The van der Waals surface area contributed by atoms with Gasteiger partial charge in [0.05, 0.1) is 11.8 Å². The molecule has 7 heteroatoms. The van der Waals surface area contributed by atoms with Crippen molar-refractivity contribution in [3.8, 4) is 5.75 Å². The standard InChI is InChI=1S/C15H13ClN2O4/c1-21-9-22-13-5-4-11(16)7-12(13)15(19)14-10(8-18-20)3-2-6-17-14/h2-8,20H,9H2,1H3/b18-8-. The van der Waals surface area contributed by atoms with E-state index in [2.05, 4.69) is 10.1 Å². The zero-order valence-electron chi connectivity index (χ0n) is 11.7. The first-order valence-electron chi connectivity index (χ1n) is 6.25. The summed E-state index contributed by atoms with van der Waals surface area (Å²) < 4.78 is 10.2. The predicted molar refractivity (Wildman–Crippen MR) is 81.0 cm³/mol. The fourth-order valence-electron chi connectivity index (χ4n) is 1.83. The normalized spacial score (nSPS) is 10.8. The van der Waals surface area contributed by atoms with Gasteiger partial charge in [0.2, 0.25) is 5.78 Å². The first-order chi connectivity index (χ1) is 10.7. The summed E-state index contributed by atoms with van der Waals surface area (Å²) in [5.74, 6) is -0.0714. The third-order valence-corrected chi connectivity index (χ3v) is 3.00. The molecule has 0 amide bonds. The first kappa shape index (κ1) is 15.9. The molecular formula is C15H13ClN2O4. The summed E-state index contributed by atoms with van der Waals surface area (Å²) in [7, 11) is 1.48. The lowest BCUT2D eigenvalue weighted by atomic mass is 10.0. The Morgan fingerprint density at radius 1 is 1.45 bits per heavy atom. The number of ketones is 1. The molecule has 0 radical (unpaired) electrons. The highest BCUT2D eigenvalue weighted by Crippen LogP contribution is 2.26. The first-order valence-corrected chi connectivity index (χ1v) is 6.63. The number of carbonyl (C=O) groups excluding carboxylic acids is 1. The van der Waals surface area contributed by atoms with Crippen molar-refractivity contribution < 1.29 is 19.5 Å². The van der Waals surface area contributed by atoms with Crippen LogP contribution in [0.1, 0.15) is 21.6 Å². The second kappa shape index (κ2) is 7.53. The van der Waals surface area contributed by atoms with Crippen LogP contribution in [0.25, 0.3) is 0 Å². The van der Waals surface area contributed by atoms with Gasteiger partial charge in [0.15, 0.2) is 6.79 Å². The Morgan fingerprint density at radius 3 is 3.00 bits per heavy atom. The zero-order valence-corrected chi connectivity index (χ0v) is 12.4. The van der Waals surface area contributed by atoms with Crippen LogP contribution in [0.3, 0.4) is 0 Å². The number of rotatable bonds is 6. The molecule has 2 rings (SSSR count). The predicted octanol–water partition coefficient (Wildman–Crippen LogP) is 2.76. The number of hydrogen-bond acceptors (Lipinski definition) is 6. The second-order valence-corrected chi connectivity index (χ2v) is 4.64. The highest BCUT2D eigenvalue weighted by atomic mass is 35.5. The van der Waals surface area contributed by atoms with Crippen molar-refractivity contribution in [3.05, 3.63) is 58.4 Å². The van der Waals surface area contributed by atoms with E-state index in [1.165, 1.54) is 19.4 Å². The highest BCUT2D eigenvalue weighted by Gasteiger charge is 2.19. The average Bonchev–Trinajstić information content (AvgIpc) is 2.54. The molecule has 0 saturated carbocycles. The van der Waals surface area contributed by atoms with Crippen LogP contribution >= 0.6 is 11.6 Å². The number of nitrogens with zero attached hydrogens (tertiary/aromatic N) is 2. The van der Waals surface area contributed by atoms with Crippen molar-refractivity contribution in [2.24, 2.45) is 5.16 Å². The molecule has 0 saturated heterocycles. The van der Waals surface area contributed by atoms with E-state index < -0.39 is 5.78 Å². The van der Waals surface area contributed by atoms with Crippen LogP contribution in [-0.4, -0.2) is 36.1 Å². The van der Waals surface area contributed by atoms with Crippen LogP contribution in [0.2, 0.25) is 5.02 Å². The van der Waals surface area contributed by atoms with Crippen LogP contribution in [0.5, 0.6) is 5.75 Å². The third kappa shape index (κ3) is 3.60. The van der Waals surface area contributed by atoms with Crippen LogP contribution in [0.4, 0.5) is 0 Å². The molecule has 0 bridgehead atoms. The van der Waals surface area contributed by atoms with Gasteiger partial charge in [-0.05, 0) is 30.3 Å². The van der Waals surface area contributed by atoms with Gasteiger partial charge in [-0.3, -0.25) is 9.78 Å². The number of benzene rings is 1. The summed E-state index contributed by atoms with van der Waals surface area (Å²) >= 11 is 5.96. The lowest BCUT2D eigenvalue weighted by molar-refractivity contribution is 0.0503. The number of carbonyl (C=O) groups is 1. The maximum atomic E-state index is 12.7. The summed E-state index contributed by atoms with van der Waals surface area (Å²) in [5.41, 5.74) is 0.758. The van der Waals surface area contributed by atoms with E-state index in [1.54, 1.807) is 24.3 Å². The van der Waals surface area contributed by atoms with E-state index in [0.29, 0.717) is 16.3 Å². The van der Waals surface area contributed by atoms with E-state index in [9.17, 15) is 4.79 Å². The van der Waals surface area contributed by atoms with Crippen molar-refractivity contribution in [2.75, 3.05) is 13.9 Å². The van der Waals surface area contributed by atoms with E-state index in [-0.39, 0.29) is 18.1 Å². The second-order valence-electron chi connectivity index (χ2n) is 4.21. The molecular weight excluding hydrogens is 308 g/mol. The Balaban J connectivity index is 2.47. The van der Waals surface area contributed by atoms with Gasteiger partial charge in [-0.1, -0.05) is 16.8 Å². The van der Waals surface area contributed by atoms with E-state index in [1.807, 2.05) is 0 Å². The minimum Gasteiger partial charge on any atom is -0.467 e. The molecule has 0 aliphatic carbocycles. The number of aromatic nitrogens is 1. The number of pyridine rings is 1. The monoisotopic (exact) mass is 320 g/mol. The minimum absolute atomic E-state index is 0.00487. The van der Waals surface area contributed by atoms with Gasteiger partial charge in [-0.25, -0.2) is 0 Å². The van der Waals surface area contributed by atoms with Crippen molar-refractivity contribution in [1.82, 2.24) is 4.98 Å². The SMILES string of the molecule is COCOc1ccc(Cl)cc1C(=O)c1ncccc1/C=N\O. The molecule has 0 aliphatic heterocycles. The van der Waals surface area contributed by atoms with Gasteiger partial charge in [-0.2, -0.15) is 0 Å². The molecule has 1 aromatic carbocycles. The van der Waals surface area contributed by atoms with Gasteiger partial charge in [0, 0.05) is 23.9 Å². The fraction of sp³-hybridized carbons (Fsp3) is 0.133. The Labute approximate surface area is 132 Å². The van der Waals surface area contributed by atoms with E-state index in [0.717, 1.165) is 6.21 Å². The van der Waals surface area contributed by atoms with Crippen LogP contribution in [0.15, 0.2) is 41.7 Å². The number of hydrogen-bond donors (Lipinski definition) is 1. The maximum absolute atomic E-state index is 12.7. The molecule has 1 heterocycles. The van der Waals surface area contributed by atoms with Crippen molar-refractivity contribution in [2.45, 2.75) is 0 Å². The number of methoxy groups -OCH3 is 1. The highest BCUT2D eigenvalue weighted by molar-refractivity contribution is 6.31. The van der Waals surface area contributed by atoms with E-state index in [4.69, 9.17) is 26.3 Å². The maximum Gasteiger partial charge on any atom is 0.215 e. The molecule has 1 aromatic heterocycles. The van der Waals surface area contributed by atoms with Gasteiger partial charge in [-0.15, -0.1) is 0 Å². The van der Waals surface area contributed by atoms with Gasteiger partial charge >= 0.3 is 0 Å². The lowest BCUT2D eigenvalue weighted by Crippen LogP contribution is -2.11. The van der Waals surface area contributed by atoms with Crippen molar-refractivity contribution in [1.29, 1.82) is 0 Å². The minimum atomic E-state index is -0.399. The molecule has 0 atom stereocenters. The Hall–Kier alpha value is -2.44. The fourth-order valence-corrected chi connectivity index (χ4v) is 2.00. The topological polar surface area (TPSA) is 81.0 Å². The smallest absolute Gasteiger partial charge is 0.215 e. The van der Waals surface area contributed by atoms with Crippen LogP contribution in [-0.2, 0) is 4.74 Å². The molecule has 0 spiro atoms. The quantitative estimate of drug-likeness (QED) is 0.291. The van der Waals surface area contributed by atoms with Gasteiger partial charge in [0.1, 0.15) is 11.4 Å². The van der Waals surface area contributed by atoms with E-state index >= 15 is 0 Å². The molecule has 114 valence electrons. The Morgan fingerprint density at radius 2 is 2.27 bits per heavy atom. The van der Waals surface area contributed by atoms with Gasteiger partial charge < -0.3 is 14.7 Å². The zero-order chi connectivity index (χ0) is 15.9. The Kier molecular flexibility index (Phi) is 5.46. The van der Waals surface area contributed by atoms with Crippen LogP contribution in [0, 0.1) is 0 Å². The van der Waals surface area contributed by atoms with Crippen molar-refractivity contribution >= 4 is 23.6 Å². The summed E-state index contributed by atoms with van der Waals surface area (Å²) in [5, 5.41) is 12.0. The number of oxime groups is 1. The number of halogens is 1. The third-order valence-electron chi connectivity index (χ3n) is 2.77. The largest absolute Gasteiger partial charge is 0.467 e. The summed E-state index contributed by atoms with van der Waals surface area (Å²) in [6, 6.07) is 7.92. The molecule has 2 aromatic rings. The molecule has 0 unspecified atom stereocenters. The van der Waals surface area contributed by atoms with Crippen molar-refractivity contribution in [3.63, 3.8) is 0 Å². The summed E-state index contributed by atoms with van der Waals surface area (Å²) in [6.07, 6.45) is 2.61. The molecule has 6 nitrogen and oxygen atoms in total. The number of ether oxygens (including phenoxy) is 2. The summed E-state index contributed by atoms with van der Waals surface area (Å²) in [6.45, 7) is -0.00487. The molecule has 22 heavy (non-hydrogen) atoms. The molecule has 1 N–H and O–H groups in total. The molecule has 0 fully saturated rings.